The lowest BCUT2D eigenvalue weighted by molar-refractivity contribution is 0.513. The van der Waals surface area contributed by atoms with Gasteiger partial charge >= 0.3 is 0 Å². The van der Waals surface area contributed by atoms with Crippen LogP contribution < -0.4 is 0 Å². The van der Waals surface area contributed by atoms with Gasteiger partial charge < -0.3 is 0 Å². The highest BCUT2D eigenvalue weighted by Crippen LogP contribution is 2.27. The summed E-state index contributed by atoms with van der Waals surface area (Å²) in [5.41, 5.74) is 2.48. The van der Waals surface area contributed by atoms with Crippen LogP contribution in [0, 0.1) is 0 Å². The average molecular weight is 181 g/mol. The molecular weight excluding hydrogens is 162 g/mol. The Morgan fingerprint density at radius 2 is 1.77 bits per heavy atom. The Labute approximate surface area is 80.1 Å². The minimum atomic E-state index is 0.123. The lowest BCUT2D eigenvalue weighted by Crippen LogP contribution is -2.19. The van der Waals surface area contributed by atoms with E-state index in [1.54, 1.807) is 0 Å². The SMILES string of the molecule is CC(C)c1nnn(C)c1C(C)(C)C. The fourth-order valence-corrected chi connectivity index (χ4v) is 1.63. The van der Waals surface area contributed by atoms with Crippen molar-refractivity contribution in [3.63, 3.8) is 0 Å². The molecule has 0 fully saturated rings. The highest BCUT2D eigenvalue weighted by atomic mass is 15.4. The third-order valence-electron chi connectivity index (χ3n) is 2.11. The highest BCUT2D eigenvalue weighted by molar-refractivity contribution is 5.21. The van der Waals surface area contributed by atoms with Gasteiger partial charge in [0, 0.05) is 12.5 Å². The Morgan fingerprint density at radius 3 is 2.08 bits per heavy atom. The van der Waals surface area contributed by atoms with Crippen LogP contribution in [0.3, 0.4) is 0 Å². The minimum absolute atomic E-state index is 0.123. The van der Waals surface area contributed by atoms with Crippen LogP contribution in [0.4, 0.5) is 0 Å². The molecule has 1 heterocycles. The summed E-state index contributed by atoms with van der Waals surface area (Å²) in [7, 11) is 1.96. The summed E-state index contributed by atoms with van der Waals surface area (Å²) in [5, 5.41) is 8.27. The number of aromatic nitrogens is 3. The molecule has 3 nitrogen and oxygen atoms in total. The van der Waals surface area contributed by atoms with Crippen molar-refractivity contribution in [1.82, 2.24) is 15.0 Å². The molecule has 0 amide bonds. The highest BCUT2D eigenvalue weighted by Gasteiger charge is 2.24. The number of aryl methyl sites for hydroxylation is 1. The number of nitrogens with zero attached hydrogens (tertiary/aromatic N) is 3. The molecule has 0 saturated carbocycles. The quantitative estimate of drug-likeness (QED) is 0.665. The third kappa shape index (κ3) is 1.90. The molecule has 0 atom stereocenters. The summed E-state index contributed by atoms with van der Waals surface area (Å²) in [4.78, 5) is 0. The van der Waals surface area contributed by atoms with E-state index >= 15 is 0 Å². The molecule has 1 aromatic heterocycles. The van der Waals surface area contributed by atoms with E-state index < -0.39 is 0 Å². The van der Waals surface area contributed by atoms with Crippen LogP contribution in [0.5, 0.6) is 0 Å². The summed E-state index contributed by atoms with van der Waals surface area (Å²) >= 11 is 0. The monoisotopic (exact) mass is 181 g/mol. The molecule has 13 heavy (non-hydrogen) atoms. The van der Waals surface area contributed by atoms with Crippen molar-refractivity contribution >= 4 is 0 Å². The Hall–Kier alpha value is -0.860. The zero-order chi connectivity index (χ0) is 10.2. The van der Waals surface area contributed by atoms with Crippen LogP contribution in [0.2, 0.25) is 0 Å². The molecule has 1 rings (SSSR count). The Morgan fingerprint density at radius 1 is 1.23 bits per heavy atom. The number of hydrogen-bond acceptors (Lipinski definition) is 2. The summed E-state index contributed by atoms with van der Waals surface area (Å²) in [6.45, 7) is 10.9. The molecule has 74 valence electrons. The standard InChI is InChI=1S/C10H19N3/c1-7(2)8-9(10(3,4)5)13(6)12-11-8/h7H,1-6H3. The van der Waals surface area contributed by atoms with Crippen molar-refractivity contribution < 1.29 is 0 Å². The Kier molecular flexibility index (Phi) is 2.46. The van der Waals surface area contributed by atoms with Gasteiger partial charge in [0.25, 0.3) is 0 Å². The second kappa shape index (κ2) is 3.13. The number of hydrogen-bond donors (Lipinski definition) is 0. The zero-order valence-corrected chi connectivity index (χ0v) is 9.42. The molecule has 0 bridgehead atoms. The van der Waals surface area contributed by atoms with Crippen LogP contribution in [0.1, 0.15) is 51.9 Å². The first kappa shape index (κ1) is 10.2. The molecule has 0 radical (unpaired) electrons. The van der Waals surface area contributed by atoms with Crippen molar-refractivity contribution in [2.24, 2.45) is 7.05 Å². The fourth-order valence-electron chi connectivity index (χ4n) is 1.63. The van der Waals surface area contributed by atoms with Crippen LogP contribution in [0.15, 0.2) is 0 Å². The lowest BCUT2D eigenvalue weighted by Gasteiger charge is -2.20. The van der Waals surface area contributed by atoms with Gasteiger partial charge in [-0.25, -0.2) is 0 Å². The third-order valence-corrected chi connectivity index (χ3v) is 2.11. The van der Waals surface area contributed by atoms with Crippen LogP contribution in [-0.4, -0.2) is 15.0 Å². The van der Waals surface area contributed by atoms with Crippen LogP contribution >= 0.6 is 0 Å². The molecule has 0 aliphatic carbocycles. The summed E-state index contributed by atoms with van der Waals surface area (Å²) in [6.07, 6.45) is 0. The van der Waals surface area contributed by atoms with Crippen molar-refractivity contribution in [2.75, 3.05) is 0 Å². The maximum absolute atomic E-state index is 4.19. The molecular formula is C10H19N3. The normalized spacial score (nSPS) is 12.5. The average Bonchev–Trinajstić information content (AvgIpc) is 2.28. The fraction of sp³-hybridized carbons (Fsp3) is 0.800. The van der Waals surface area contributed by atoms with E-state index in [1.165, 1.54) is 5.69 Å². The second-order valence-corrected chi connectivity index (χ2v) is 4.85. The van der Waals surface area contributed by atoms with E-state index in [9.17, 15) is 0 Å². The van der Waals surface area contributed by atoms with Gasteiger partial charge in [0.2, 0.25) is 0 Å². The van der Waals surface area contributed by atoms with Gasteiger partial charge in [-0.05, 0) is 5.92 Å². The van der Waals surface area contributed by atoms with E-state index in [-0.39, 0.29) is 5.41 Å². The Bertz CT molecular complexity index is 292. The molecule has 3 heteroatoms. The summed E-state index contributed by atoms with van der Waals surface area (Å²) < 4.78 is 1.88. The second-order valence-electron chi connectivity index (χ2n) is 4.85. The van der Waals surface area contributed by atoms with E-state index in [2.05, 4.69) is 44.9 Å². The van der Waals surface area contributed by atoms with Gasteiger partial charge in [-0.2, -0.15) is 0 Å². The molecule has 0 unspecified atom stereocenters. The van der Waals surface area contributed by atoms with Crippen molar-refractivity contribution in [1.29, 1.82) is 0 Å². The smallest absolute Gasteiger partial charge is 0.0889 e. The summed E-state index contributed by atoms with van der Waals surface area (Å²) in [6, 6.07) is 0. The van der Waals surface area contributed by atoms with Gasteiger partial charge in [0.05, 0.1) is 11.4 Å². The molecule has 0 aliphatic heterocycles. The first-order valence-corrected chi connectivity index (χ1v) is 4.74. The zero-order valence-electron chi connectivity index (χ0n) is 9.42. The van der Waals surface area contributed by atoms with E-state index in [0.717, 1.165) is 5.69 Å². The molecule has 1 aromatic rings. The molecule has 0 saturated heterocycles. The molecule has 0 aliphatic rings. The van der Waals surface area contributed by atoms with Crippen LogP contribution in [0.25, 0.3) is 0 Å². The van der Waals surface area contributed by atoms with Gasteiger partial charge in [0.15, 0.2) is 0 Å². The van der Waals surface area contributed by atoms with Gasteiger partial charge in [-0.15, -0.1) is 5.10 Å². The van der Waals surface area contributed by atoms with E-state index in [1.807, 2.05) is 11.7 Å². The summed E-state index contributed by atoms with van der Waals surface area (Å²) in [5.74, 6) is 0.447. The molecule has 0 aromatic carbocycles. The topological polar surface area (TPSA) is 30.7 Å². The maximum atomic E-state index is 4.19. The van der Waals surface area contributed by atoms with E-state index in [4.69, 9.17) is 0 Å². The molecule has 0 N–H and O–H groups in total. The van der Waals surface area contributed by atoms with Gasteiger partial charge in [-0.1, -0.05) is 39.8 Å². The van der Waals surface area contributed by atoms with Gasteiger partial charge in [0.1, 0.15) is 0 Å². The maximum Gasteiger partial charge on any atom is 0.0889 e. The lowest BCUT2D eigenvalue weighted by atomic mass is 9.88. The van der Waals surface area contributed by atoms with Crippen LogP contribution in [-0.2, 0) is 12.5 Å². The predicted molar refractivity (Wildman–Crippen MR) is 53.8 cm³/mol. The first-order valence-electron chi connectivity index (χ1n) is 4.74. The largest absolute Gasteiger partial charge is 0.252 e. The first-order chi connectivity index (χ1) is 5.84. The number of rotatable bonds is 1. The predicted octanol–water partition coefficient (Wildman–Crippen LogP) is 2.24. The van der Waals surface area contributed by atoms with Gasteiger partial charge in [-0.3, -0.25) is 4.68 Å². The van der Waals surface area contributed by atoms with E-state index in [0.29, 0.717) is 5.92 Å². The Balaban J connectivity index is 3.25. The van der Waals surface area contributed by atoms with Crippen molar-refractivity contribution in [3.05, 3.63) is 11.4 Å². The molecule has 0 spiro atoms. The van der Waals surface area contributed by atoms with Crippen molar-refractivity contribution in [3.8, 4) is 0 Å². The minimum Gasteiger partial charge on any atom is -0.252 e. The van der Waals surface area contributed by atoms with Crippen molar-refractivity contribution in [2.45, 2.75) is 46.0 Å².